The van der Waals surface area contributed by atoms with Gasteiger partial charge in [0.05, 0.1) is 0 Å². The molecule has 1 aromatic rings. The standard InChI is InChI=1S/C12H19NO3S/c1-9(7-10-5-4-6-17-10)13(3)8-12(2,16)11(14)15/h4-6,9,16H,7-8H2,1-3H3,(H,14,15). The third kappa shape index (κ3) is 4.11. The first-order valence-electron chi connectivity index (χ1n) is 5.51. The van der Waals surface area contributed by atoms with E-state index in [2.05, 4.69) is 6.07 Å². The second-order valence-corrected chi connectivity index (χ2v) is 5.66. The van der Waals surface area contributed by atoms with Gasteiger partial charge in [0.1, 0.15) is 0 Å². The molecule has 96 valence electrons. The maximum Gasteiger partial charge on any atom is 0.336 e. The molecule has 0 aliphatic heterocycles. The third-order valence-corrected chi connectivity index (χ3v) is 3.75. The number of hydrogen-bond donors (Lipinski definition) is 2. The van der Waals surface area contributed by atoms with Crippen LogP contribution in [-0.4, -0.2) is 46.3 Å². The van der Waals surface area contributed by atoms with Crippen molar-refractivity contribution in [1.82, 2.24) is 4.90 Å². The third-order valence-electron chi connectivity index (χ3n) is 2.85. The number of rotatable bonds is 6. The van der Waals surface area contributed by atoms with E-state index in [1.54, 1.807) is 11.3 Å². The lowest BCUT2D eigenvalue weighted by Crippen LogP contribution is -2.48. The summed E-state index contributed by atoms with van der Waals surface area (Å²) in [5, 5.41) is 20.6. The molecular formula is C12H19NO3S. The molecular weight excluding hydrogens is 238 g/mol. The summed E-state index contributed by atoms with van der Waals surface area (Å²) < 4.78 is 0. The molecule has 2 unspecified atom stereocenters. The average Bonchev–Trinajstić information content (AvgIpc) is 2.69. The SMILES string of the molecule is CC(Cc1cccs1)N(C)CC(C)(O)C(=O)O. The van der Waals surface area contributed by atoms with Gasteiger partial charge in [-0.05, 0) is 38.8 Å². The molecule has 2 N–H and O–H groups in total. The molecule has 5 heteroatoms. The summed E-state index contributed by atoms with van der Waals surface area (Å²) in [5.74, 6) is -1.19. The molecule has 0 saturated heterocycles. The lowest BCUT2D eigenvalue weighted by atomic mass is 10.1. The van der Waals surface area contributed by atoms with Gasteiger partial charge in [0.2, 0.25) is 0 Å². The zero-order valence-electron chi connectivity index (χ0n) is 10.4. The largest absolute Gasteiger partial charge is 0.479 e. The Morgan fingerprint density at radius 2 is 2.29 bits per heavy atom. The Morgan fingerprint density at radius 3 is 2.76 bits per heavy atom. The van der Waals surface area contributed by atoms with Gasteiger partial charge in [-0.2, -0.15) is 0 Å². The molecule has 0 aromatic carbocycles. The monoisotopic (exact) mass is 257 g/mol. The smallest absolute Gasteiger partial charge is 0.336 e. The average molecular weight is 257 g/mol. The predicted molar refractivity (Wildman–Crippen MR) is 68.4 cm³/mol. The quantitative estimate of drug-likeness (QED) is 0.809. The van der Waals surface area contributed by atoms with Crippen molar-refractivity contribution in [3.05, 3.63) is 22.4 Å². The second kappa shape index (κ2) is 5.62. The van der Waals surface area contributed by atoms with Gasteiger partial charge in [0.15, 0.2) is 5.60 Å². The van der Waals surface area contributed by atoms with Crippen LogP contribution >= 0.6 is 11.3 Å². The highest BCUT2D eigenvalue weighted by Gasteiger charge is 2.32. The molecule has 17 heavy (non-hydrogen) atoms. The zero-order valence-corrected chi connectivity index (χ0v) is 11.2. The van der Waals surface area contributed by atoms with Crippen molar-refractivity contribution < 1.29 is 15.0 Å². The van der Waals surface area contributed by atoms with Crippen molar-refractivity contribution in [1.29, 1.82) is 0 Å². The van der Waals surface area contributed by atoms with Crippen molar-refractivity contribution in [3.8, 4) is 0 Å². The Bertz CT molecular complexity index is 362. The van der Waals surface area contributed by atoms with Crippen molar-refractivity contribution in [2.24, 2.45) is 0 Å². The van der Waals surface area contributed by atoms with Crippen LogP contribution in [0.5, 0.6) is 0 Å². The van der Waals surface area contributed by atoms with Crippen molar-refractivity contribution in [2.45, 2.75) is 31.9 Å². The molecule has 1 aromatic heterocycles. The number of nitrogens with zero attached hydrogens (tertiary/aromatic N) is 1. The van der Waals surface area contributed by atoms with Crippen LogP contribution in [0.25, 0.3) is 0 Å². The van der Waals surface area contributed by atoms with E-state index in [0.717, 1.165) is 6.42 Å². The molecule has 1 heterocycles. The highest BCUT2D eigenvalue weighted by molar-refractivity contribution is 7.09. The fourth-order valence-electron chi connectivity index (χ4n) is 1.58. The first kappa shape index (κ1) is 14.2. The Morgan fingerprint density at radius 1 is 1.65 bits per heavy atom. The van der Waals surface area contributed by atoms with Gasteiger partial charge in [0.25, 0.3) is 0 Å². The minimum atomic E-state index is -1.70. The van der Waals surface area contributed by atoms with Crippen molar-refractivity contribution in [3.63, 3.8) is 0 Å². The lowest BCUT2D eigenvalue weighted by molar-refractivity contribution is -0.158. The van der Waals surface area contributed by atoms with E-state index in [-0.39, 0.29) is 12.6 Å². The van der Waals surface area contributed by atoms with E-state index in [9.17, 15) is 9.90 Å². The van der Waals surface area contributed by atoms with Crippen LogP contribution in [0.3, 0.4) is 0 Å². The molecule has 0 amide bonds. The lowest BCUT2D eigenvalue weighted by Gasteiger charge is -2.30. The fraction of sp³-hybridized carbons (Fsp3) is 0.583. The molecule has 1 rings (SSSR count). The molecule has 0 radical (unpaired) electrons. The van der Waals surface area contributed by atoms with Crippen molar-refractivity contribution >= 4 is 17.3 Å². The molecule has 0 saturated carbocycles. The Kier molecular flexibility index (Phi) is 4.68. The highest BCUT2D eigenvalue weighted by Crippen LogP contribution is 2.15. The van der Waals surface area contributed by atoms with E-state index in [4.69, 9.17) is 5.11 Å². The minimum absolute atomic E-state index is 0.120. The fourth-order valence-corrected chi connectivity index (χ4v) is 2.41. The van der Waals surface area contributed by atoms with Gasteiger partial charge in [0, 0.05) is 17.5 Å². The van der Waals surface area contributed by atoms with E-state index < -0.39 is 11.6 Å². The number of likely N-dealkylation sites (N-methyl/N-ethyl adjacent to an activating group) is 1. The number of carbonyl (C=O) groups is 1. The molecule has 0 aliphatic rings. The van der Waals surface area contributed by atoms with Gasteiger partial charge in [-0.15, -0.1) is 11.3 Å². The number of carboxylic acid groups (broad SMARTS) is 1. The van der Waals surface area contributed by atoms with Crippen LogP contribution in [-0.2, 0) is 11.2 Å². The van der Waals surface area contributed by atoms with Crippen molar-refractivity contribution in [2.75, 3.05) is 13.6 Å². The van der Waals surface area contributed by atoms with Gasteiger partial charge in [-0.1, -0.05) is 6.07 Å². The van der Waals surface area contributed by atoms with E-state index in [0.29, 0.717) is 0 Å². The van der Waals surface area contributed by atoms with Crippen LogP contribution in [0.4, 0.5) is 0 Å². The number of aliphatic carboxylic acids is 1. The zero-order chi connectivity index (χ0) is 13.1. The summed E-state index contributed by atoms with van der Waals surface area (Å²) in [6.45, 7) is 3.47. The Balaban J connectivity index is 2.52. The number of thiophene rings is 1. The molecule has 4 nitrogen and oxygen atoms in total. The Hall–Kier alpha value is -0.910. The Labute approximate surface area is 106 Å². The molecule has 2 atom stereocenters. The van der Waals surface area contributed by atoms with Crippen LogP contribution < -0.4 is 0 Å². The van der Waals surface area contributed by atoms with Gasteiger partial charge >= 0.3 is 5.97 Å². The first-order chi connectivity index (χ1) is 7.83. The first-order valence-corrected chi connectivity index (χ1v) is 6.39. The second-order valence-electron chi connectivity index (χ2n) is 4.63. The van der Waals surface area contributed by atoms with E-state index in [1.807, 2.05) is 30.3 Å². The van der Waals surface area contributed by atoms with Gasteiger partial charge < -0.3 is 10.2 Å². The van der Waals surface area contributed by atoms with Gasteiger partial charge in [-0.25, -0.2) is 4.79 Å². The van der Waals surface area contributed by atoms with Crippen LogP contribution in [0.2, 0.25) is 0 Å². The van der Waals surface area contributed by atoms with E-state index >= 15 is 0 Å². The summed E-state index contributed by atoms with van der Waals surface area (Å²) in [7, 11) is 1.83. The number of carboxylic acids is 1. The summed E-state index contributed by atoms with van der Waals surface area (Å²) in [4.78, 5) is 14.0. The molecule has 0 fully saturated rings. The molecule has 0 bridgehead atoms. The molecule has 0 spiro atoms. The topological polar surface area (TPSA) is 60.8 Å². The maximum absolute atomic E-state index is 10.8. The normalized spacial score (nSPS) is 16.8. The van der Waals surface area contributed by atoms with Crippen LogP contribution in [0.1, 0.15) is 18.7 Å². The number of hydrogen-bond acceptors (Lipinski definition) is 4. The summed E-state index contributed by atoms with van der Waals surface area (Å²) in [5.41, 5.74) is -1.70. The maximum atomic E-state index is 10.8. The molecule has 0 aliphatic carbocycles. The summed E-state index contributed by atoms with van der Waals surface area (Å²) in [6, 6.07) is 4.25. The van der Waals surface area contributed by atoms with E-state index in [1.165, 1.54) is 11.8 Å². The minimum Gasteiger partial charge on any atom is -0.479 e. The number of aliphatic hydroxyl groups is 1. The summed E-state index contributed by atoms with van der Waals surface area (Å²) in [6.07, 6.45) is 0.865. The van der Waals surface area contributed by atoms with Crippen LogP contribution in [0, 0.1) is 0 Å². The van der Waals surface area contributed by atoms with Crippen LogP contribution in [0.15, 0.2) is 17.5 Å². The van der Waals surface area contributed by atoms with Gasteiger partial charge in [-0.3, -0.25) is 4.90 Å². The highest BCUT2D eigenvalue weighted by atomic mass is 32.1. The summed E-state index contributed by atoms with van der Waals surface area (Å²) >= 11 is 1.69. The predicted octanol–water partition coefficient (Wildman–Crippen LogP) is 1.45.